The van der Waals surface area contributed by atoms with Crippen molar-refractivity contribution < 1.29 is 8.42 Å². The first-order valence-corrected chi connectivity index (χ1v) is 9.32. The van der Waals surface area contributed by atoms with Gasteiger partial charge in [-0.2, -0.15) is 5.26 Å². The van der Waals surface area contributed by atoms with Gasteiger partial charge in [0.15, 0.2) is 9.84 Å². The Hall–Kier alpha value is -1.34. The standard InChI is InChI=1S/C17H21NO2S/c1-12-5-6-15(11-18)17(9-12)21(19,20)16-8-7-13-3-2-4-14(13)10-16/h7-8,10,12,15,17H,2-6,9H2,1H3. The fraction of sp³-hybridized carbons (Fsp3) is 0.588. The van der Waals surface area contributed by atoms with Crippen LogP contribution in [0.4, 0.5) is 0 Å². The van der Waals surface area contributed by atoms with Gasteiger partial charge in [0.25, 0.3) is 0 Å². The highest BCUT2D eigenvalue weighted by molar-refractivity contribution is 7.92. The summed E-state index contributed by atoms with van der Waals surface area (Å²) >= 11 is 0. The molecular formula is C17H21NO2S. The quantitative estimate of drug-likeness (QED) is 0.842. The Labute approximate surface area is 126 Å². The zero-order valence-electron chi connectivity index (χ0n) is 12.4. The lowest BCUT2D eigenvalue weighted by Crippen LogP contribution is -2.35. The van der Waals surface area contributed by atoms with Gasteiger partial charge >= 0.3 is 0 Å². The van der Waals surface area contributed by atoms with Crippen LogP contribution in [0.25, 0.3) is 0 Å². The van der Waals surface area contributed by atoms with E-state index >= 15 is 0 Å². The molecule has 1 saturated carbocycles. The molecule has 1 aromatic carbocycles. The van der Waals surface area contributed by atoms with Crippen molar-refractivity contribution in [3.05, 3.63) is 29.3 Å². The number of fused-ring (bicyclic) bond motifs is 1. The van der Waals surface area contributed by atoms with Crippen LogP contribution in [0.1, 0.15) is 43.7 Å². The molecule has 0 heterocycles. The first kappa shape index (κ1) is 14.6. The van der Waals surface area contributed by atoms with Crippen molar-refractivity contribution in [2.24, 2.45) is 11.8 Å². The second-order valence-corrected chi connectivity index (χ2v) is 8.69. The highest BCUT2D eigenvalue weighted by atomic mass is 32.2. The van der Waals surface area contributed by atoms with E-state index in [1.807, 2.05) is 12.1 Å². The molecule has 0 spiro atoms. The van der Waals surface area contributed by atoms with Gasteiger partial charge in [0, 0.05) is 0 Å². The van der Waals surface area contributed by atoms with Crippen molar-refractivity contribution in [1.29, 1.82) is 5.26 Å². The number of nitriles is 1. The average molecular weight is 303 g/mol. The normalized spacial score (nSPS) is 28.9. The lowest BCUT2D eigenvalue weighted by molar-refractivity contribution is 0.335. The van der Waals surface area contributed by atoms with E-state index in [-0.39, 0.29) is 5.92 Å². The van der Waals surface area contributed by atoms with Crippen molar-refractivity contribution in [1.82, 2.24) is 0 Å². The Kier molecular flexibility index (Phi) is 3.79. The summed E-state index contributed by atoms with van der Waals surface area (Å²) in [6, 6.07) is 7.78. The molecule has 0 aromatic heterocycles. The van der Waals surface area contributed by atoms with E-state index in [1.54, 1.807) is 6.07 Å². The molecule has 4 heteroatoms. The average Bonchev–Trinajstić information content (AvgIpc) is 2.94. The third-order valence-corrected chi connectivity index (χ3v) is 7.25. The van der Waals surface area contributed by atoms with Gasteiger partial charge in [-0.1, -0.05) is 13.0 Å². The summed E-state index contributed by atoms with van der Waals surface area (Å²) in [7, 11) is -3.40. The summed E-state index contributed by atoms with van der Waals surface area (Å²) in [6.45, 7) is 2.08. The lowest BCUT2D eigenvalue weighted by Gasteiger charge is -2.30. The number of hydrogen-bond donors (Lipinski definition) is 0. The summed E-state index contributed by atoms with van der Waals surface area (Å²) in [5.41, 5.74) is 2.45. The first-order valence-electron chi connectivity index (χ1n) is 7.77. The largest absolute Gasteiger partial charge is 0.223 e. The van der Waals surface area contributed by atoms with E-state index in [0.717, 1.165) is 25.7 Å². The summed E-state index contributed by atoms with van der Waals surface area (Å²) < 4.78 is 25.9. The van der Waals surface area contributed by atoms with Crippen LogP contribution < -0.4 is 0 Å². The predicted octanol–water partition coefficient (Wildman–Crippen LogP) is 3.28. The van der Waals surface area contributed by atoms with Gasteiger partial charge in [-0.15, -0.1) is 0 Å². The maximum absolute atomic E-state index is 13.0. The van der Waals surface area contributed by atoms with Crippen LogP contribution in [0, 0.1) is 23.2 Å². The third kappa shape index (κ3) is 2.60. The Balaban J connectivity index is 1.97. The van der Waals surface area contributed by atoms with Crippen LogP contribution in [0.15, 0.2) is 23.1 Å². The third-order valence-electron chi connectivity index (χ3n) is 5.02. The molecule has 1 fully saturated rings. The minimum absolute atomic E-state index is 0.362. The van der Waals surface area contributed by atoms with Crippen LogP contribution in [0.5, 0.6) is 0 Å². The predicted molar refractivity (Wildman–Crippen MR) is 81.6 cm³/mol. The summed E-state index contributed by atoms with van der Waals surface area (Å²) in [5.74, 6) is 0.0169. The number of sulfone groups is 1. The van der Waals surface area contributed by atoms with Gasteiger partial charge in [0.1, 0.15) is 0 Å². The molecular weight excluding hydrogens is 282 g/mol. The molecule has 3 atom stereocenters. The van der Waals surface area contributed by atoms with Crippen molar-refractivity contribution >= 4 is 9.84 Å². The molecule has 0 saturated heterocycles. The van der Waals surface area contributed by atoms with Crippen molar-refractivity contribution in [2.75, 3.05) is 0 Å². The molecule has 3 nitrogen and oxygen atoms in total. The second-order valence-electron chi connectivity index (χ2n) is 6.52. The molecule has 3 unspecified atom stereocenters. The molecule has 2 aliphatic rings. The van der Waals surface area contributed by atoms with Crippen LogP contribution in [0.3, 0.4) is 0 Å². The van der Waals surface area contributed by atoms with Gasteiger partial charge in [0.2, 0.25) is 0 Å². The second kappa shape index (κ2) is 5.46. The van der Waals surface area contributed by atoms with Gasteiger partial charge in [-0.25, -0.2) is 8.42 Å². The Bertz CT molecular complexity index is 687. The van der Waals surface area contributed by atoms with E-state index in [1.165, 1.54) is 11.1 Å². The number of nitrogens with zero attached hydrogens (tertiary/aromatic N) is 1. The van der Waals surface area contributed by atoms with Gasteiger partial charge < -0.3 is 0 Å². The van der Waals surface area contributed by atoms with Crippen LogP contribution in [0.2, 0.25) is 0 Å². The van der Waals surface area contributed by atoms with Crippen molar-refractivity contribution in [3.63, 3.8) is 0 Å². The van der Waals surface area contributed by atoms with E-state index in [0.29, 0.717) is 23.7 Å². The molecule has 0 aliphatic heterocycles. The van der Waals surface area contributed by atoms with Gasteiger partial charge in [0.05, 0.1) is 22.1 Å². The van der Waals surface area contributed by atoms with E-state index in [9.17, 15) is 13.7 Å². The van der Waals surface area contributed by atoms with Crippen LogP contribution >= 0.6 is 0 Å². The minimum atomic E-state index is -3.40. The molecule has 0 N–H and O–H groups in total. The monoisotopic (exact) mass is 303 g/mol. The smallest absolute Gasteiger partial charge is 0.182 e. The van der Waals surface area contributed by atoms with Crippen molar-refractivity contribution in [2.45, 2.75) is 55.6 Å². The van der Waals surface area contributed by atoms with E-state index in [2.05, 4.69) is 13.0 Å². The number of benzene rings is 1. The highest BCUT2D eigenvalue weighted by Crippen LogP contribution is 2.36. The van der Waals surface area contributed by atoms with Crippen molar-refractivity contribution in [3.8, 4) is 6.07 Å². The molecule has 2 aliphatic carbocycles. The zero-order valence-corrected chi connectivity index (χ0v) is 13.2. The Morgan fingerprint density at radius 3 is 2.71 bits per heavy atom. The maximum Gasteiger partial charge on any atom is 0.182 e. The fourth-order valence-electron chi connectivity index (χ4n) is 3.72. The Morgan fingerprint density at radius 1 is 1.19 bits per heavy atom. The van der Waals surface area contributed by atoms with Crippen LogP contribution in [-0.4, -0.2) is 13.7 Å². The number of hydrogen-bond acceptors (Lipinski definition) is 3. The molecule has 1 aromatic rings. The molecule has 0 radical (unpaired) electrons. The molecule has 112 valence electrons. The molecule has 0 amide bonds. The number of rotatable bonds is 2. The van der Waals surface area contributed by atoms with Gasteiger partial charge in [-0.05, 0) is 67.7 Å². The molecule has 0 bridgehead atoms. The topological polar surface area (TPSA) is 57.9 Å². The summed E-state index contributed by atoms with van der Waals surface area (Å²) in [5, 5.41) is 8.76. The molecule has 3 rings (SSSR count). The molecule has 21 heavy (non-hydrogen) atoms. The Morgan fingerprint density at radius 2 is 1.95 bits per heavy atom. The van der Waals surface area contributed by atoms with Gasteiger partial charge in [-0.3, -0.25) is 0 Å². The lowest BCUT2D eigenvalue weighted by atomic mass is 9.83. The van der Waals surface area contributed by atoms with Crippen LogP contribution in [-0.2, 0) is 22.7 Å². The van der Waals surface area contributed by atoms with E-state index in [4.69, 9.17) is 0 Å². The summed E-state index contributed by atoms with van der Waals surface area (Å²) in [4.78, 5) is 0.419. The maximum atomic E-state index is 13.0. The van der Waals surface area contributed by atoms with E-state index < -0.39 is 15.1 Å². The SMILES string of the molecule is CC1CCC(C#N)C(S(=O)(=O)c2ccc3c(c2)CCC3)C1. The zero-order chi connectivity index (χ0) is 15.0. The first-order chi connectivity index (χ1) is 10.0. The minimum Gasteiger partial charge on any atom is -0.223 e. The number of aryl methyl sites for hydroxylation is 2. The summed E-state index contributed by atoms with van der Waals surface area (Å²) in [6.07, 6.45) is 5.40. The highest BCUT2D eigenvalue weighted by Gasteiger charge is 2.39. The fourth-order valence-corrected chi connectivity index (χ4v) is 5.84.